The third kappa shape index (κ3) is 4.00. The van der Waals surface area contributed by atoms with Crippen molar-refractivity contribution < 1.29 is 18.0 Å². The summed E-state index contributed by atoms with van der Waals surface area (Å²) in [4.78, 5) is 16.4. The van der Waals surface area contributed by atoms with Gasteiger partial charge in [-0.2, -0.15) is 13.2 Å². The van der Waals surface area contributed by atoms with Crippen LogP contribution in [0.3, 0.4) is 0 Å². The van der Waals surface area contributed by atoms with Gasteiger partial charge in [0.1, 0.15) is 0 Å². The van der Waals surface area contributed by atoms with Gasteiger partial charge in [0.05, 0.1) is 16.8 Å². The van der Waals surface area contributed by atoms with Crippen LogP contribution < -0.4 is 5.32 Å². The Hall–Kier alpha value is -2.38. The molecule has 0 aliphatic carbocycles. The molecule has 1 aromatic heterocycles. The van der Waals surface area contributed by atoms with Crippen molar-refractivity contribution in [1.29, 1.82) is 0 Å². The summed E-state index contributed by atoms with van der Waals surface area (Å²) in [5.41, 5.74) is -0.0434. The molecule has 0 aliphatic rings. The molecule has 3 aromatic rings. The Kier molecular flexibility index (Phi) is 4.78. The summed E-state index contributed by atoms with van der Waals surface area (Å²) in [5, 5.41) is 4.91. The van der Waals surface area contributed by atoms with Gasteiger partial charge in [-0.25, -0.2) is 4.98 Å². The van der Waals surface area contributed by atoms with Gasteiger partial charge in [-0.1, -0.05) is 35.9 Å². The van der Waals surface area contributed by atoms with Gasteiger partial charge in [0.2, 0.25) is 0 Å². The first-order valence-electron chi connectivity index (χ1n) is 7.03. The molecule has 0 aliphatic heterocycles. The van der Waals surface area contributed by atoms with Crippen LogP contribution in [0.25, 0.3) is 11.3 Å². The van der Waals surface area contributed by atoms with Crippen LogP contribution in [0.2, 0.25) is 5.02 Å². The van der Waals surface area contributed by atoms with Gasteiger partial charge in [-0.3, -0.25) is 10.1 Å². The molecule has 1 N–H and O–H groups in total. The molecule has 0 spiro atoms. The maximum atomic E-state index is 13.0. The predicted molar refractivity (Wildman–Crippen MR) is 92.0 cm³/mol. The molecule has 0 saturated carbocycles. The topological polar surface area (TPSA) is 42.0 Å². The average Bonchev–Trinajstić information content (AvgIpc) is 3.03. The van der Waals surface area contributed by atoms with Crippen LogP contribution in [0.15, 0.2) is 53.9 Å². The number of alkyl halides is 3. The van der Waals surface area contributed by atoms with E-state index in [1.54, 1.807) is 29.6 Å². The van der Waals surface area contributed by atoms with Crippen LogP contribution in [-0.2, 0) is 6.18 Å². The fourth-order valence-corrected chi connectivity index (χ4v) is 3.02. The molecule has 1 heterocycles. The molecule has 0 fully saturated rings. The van der Waals surface area contributed by atoms with Crippen LogP contribution in [0.4, 0.5) is 18.3 Å². The number of hydrogen-bond acceptors (Lipinski definition) is 3. The van der Waals surface area contributed by atoms with Crippen molar-refractivity contribution in [1.82, 2.24) is 4.98 Å². The molecule has 8 heteroatoms. The van der Waals surface area contributed by atoms with E-state index < -0.39 is 23.2 Å². The van der Waals surface area contributed by atoms with Crippen molar-refractivity contribution in [2.75, 3.05) is 5.32 Å². The largest absolute Gasteiger partial charge is 0.417 e. The molecule has 0 bridgehead atoms. The van der Waals surface area contributed by atoms with E-state index in [9.17, 15) is 18.0 Å². The second kappa shape index (κ2) is 6.85. The maximum absolute atomic E-state index is 13.0. The zero-order chi connectivity index (χ0) is 18.0. The van der Waals surface area contributed by atoms with Crippen LogP contribution in [0.1, 0.15) is 15.9 Å². The van der Waals surface area contributed by atoms with Gasteiger partial charge in [0.15, 0.2) is 5.13 Å². The Morgan fingerprint density at radius 3 is 2.44 bits per heavy atom. The molecule has 25 heavy (non-hydrogen) atoms. The number of nitrogens with one attached hydrogen (secondary N) is 1. The standard InChI is InChI=1S/C17H10ClF3N2OS/c18-11-7-5-10(6-8-11)14-9-25-16(22-14)23-15(24)12-3-1-2-4-13(12)17(19,20)21/h1-9H,(H,22,23,24). The molecular weight excluding hydrogens is 373 g/mol. The molecule has 128 valence electrons. The number of thiazole rings is 1. The second-order valence-corrected chi connectivity index (χ2v) is 6.34. The lowest BCUT2D eigenvalue weighted by molar-refractivity contribution is -0.137. The van der Waals surface area contributed by atoms with Crippen molar-refractivity contribution in [3.05, 3.63) is 70.1 Å². The number of aromatic nitrogens is 1. The predicted octanol–water partition coefficient (Wildman–Crippen LogP) is 5.73. The summed E-state index contributed by atoms with van der Waals surface area (Å²) >= 11 is 6.95. The first kappa shape index (κ1) is 17.4. The molecule has 3 nitrogen and oxygen atoms in total. The SMILES string of the molecule is O=C(Nc1nc(-c2ccc(Cl)cc2)cs1)c1ccccc1C(F)(F)F. The number of nitrogens with zero attached hydrogens (tertiary/aromatic N) is 1. The second-order valence-electron chi connectivity index (χ2n) is 5.04. The Morgan fingerprint density at radius 2 is 1.76 bits per heavy atom. The summed E-state index contributed by atoms with van der Waals surface area (Å²) in [5.74, 6) is -0.857. The number of carbonyl (C=O) groups excluding carboxylic acids is 1. The monoisotopic (exact) mass is 382 g/mol. The highest BCUT2D eigenvalue weighted by molar-refractivity contribution is 7.14. The van der Waals surface area contributed by atoms with Crippen LogP contribution in [0, 0.1) is 0 Å². The van der Waals surface area contributed by atoms with E-state index in [2.05, 4.69) is 10.3 Å². The number of carbonyl (C=O) groups is 1. The number of benzene rings is 2. The summed E-state index contributed by atoms with van der Waals surface area (Å²) in [6, 6.07) is 11.6. The Balaban J connectivity index is 1.82. The van der Waals surface area contributed by atoms with E-state index in [1.165, 1.54) is 12.1 Å². The van der Waals surface area contributed by atoms with E-state index in [0.29, 0.717) is 10.7 Å². The first-order chi connectivity index (χ1) is 11.8. The lowest BCUT2D eigenvalue weighted by Gasteiger charge is -2.11. The van der Waals surface area contributed by atoms with Crippen molar-refractivity contribution in [2.24, 2.45) is 0 Å². The van der Waals surface area contributed by atoms with E-state index in [4.69, 9.17) is 11.6 Å². The minimum Gasteiger partial charge on any atom is -0.298 e. The third-order valence-electron chi connectivity index (χ3n) is 3.34. The Morgan fingerprint density at radius 1 is 1.08 bits per heavy atom. The minimum atomic E-state index is -4.61. The van der Waals surface area contributed by atoms with Crippen LogP contribution in [0.5, 0.6) is 0 Å². The zero-order valence-electron chi connectivity index (χ0n) is 12.5. The summed E-state index contributed by atoms with van der Waals surface area (Å²) in [6.07, 6.45) is -4.61. The van der Waals surface area contributed by atoms with Gasteiger partial charge in [-0.15, -0.1) is 11.3 Å². The average molecular weight is 383 g/mol. The van der Waals surface area contributed by atoms with E-state index >= 15 is 0 Å². The highest BCUT2D eigenvalue weighted by Crippen LogP contribution is 2.32. The van der Waals surface area contributed by atoms with E-state index in [1.807, 2.05) is 0 Å². The first-order valence-corrected chi connectivity index (χ1v) is 8.29. The molecule has 0 atom stereocenters. The highest BCUT2D eigenvalue weighted by atomic mass is 35.5. The van der Waals surface area contributed by atoms with E-state index in [-0.39, 0.29) is 5.13 Å². The fourth-order valence-electron chi connectivity index (χ4n) is 2.18. The lowest BCUT2D eigenvalue weighted by Crippen LogP contribution is -2.18. The summed E-state index contributed by atoms with van der Waals surface area (Å²) < 4.78 is 39.0. The molecule has 0 saturated heterocycles. The van der Waals surface area contributed by atoms with Gasteiger partial charge in [0, 0.05) is 16.0 Å². The molecule has 0 radical (unpaired) electrons. The van der Waals surface area contributed by atoms with Gasteiger partial charge < -0.3 is 0 Å². The highest BCUT2D eigenvalue weighted by Gasteiger charge is 2.34. The normalized spacial score (nSPS) is 11.4. The van der Waals surface area contributed by atoms with Crippen LogP contribution in [-0.4, -0.2) is 10.9 Å². The van der Waals surface area contributed by atoms with Crippen LogP contribution >= 0.6 is 22.9 Å². The molecular formula is C17H10ClF3N2OS. The smallest absolute Gasteiger partial charge is 0.298 e. The fraction of sp³-hybridized carbons (Fsp3) is 0.0588. The molecule has 3 rings (SSSR count). The molecule has 1 amide bonds. The number of anilines is 1. The van der Waals surface area contributed by atoms with Gasteiger partial charge >= 0.3 is 6.18 Å². The van der Waals surface area contributed by atoms with Crippen molar-refractivity contribution in [3.63, 3.8) is 0 Å². The summed E-state index contributed by atoms with van der Waals surface area (Å²) in [6.45, 7) is 0. The zero-order valence-corrected chi connectivity index (χ0v) is 14.0. The Labute approximate surface area is 150 Å². The van der Waals surface area contributed by atoms with E-state index in [0.717, 1.165) is 29.0 Å². The van der Waals surface area contributed by atoms with Crippen molar-refractivity contribution >= 4 is 34.0 Å². The van der Waals surface area contributed by atoms with Crippen molar-refractivity contribution in [3.8, 4) is 11.3 Å². The molecule has 0 unspecified atom stereocenters. The van der Waals surface area contributed by atoms with Gasteiger partial charge in [0.25, 0.3) is 5.91 Å². The third-order valence-corrected chi connectivity index (χ3v) is 4.35. The number of hydrogen-bond donors (Lipinski definition) is 1. The molecule has 2 aromatic carbocycles. The van der Waals surface area contributed by atoms with Crippen molar-refractivity contribution in [2.45, 2.75) is 6.18 Å². The lowest BCUT2D eigenvalue weighted by atomic mass is 10.1. The Bertz CT molecular complexity index is 907. The quantitative estimate of drug-likeness (QED) is 0.628. The minimum absolute atomic E-state index is 0.215. The number of halogens is 4. The summed E-state index contributed by atoms with van der Waals surface area (Å²) in [7, 11) is 0. The number of rotatable bonds is 3. The van der Waals surface area contributed by atoms with Gasteiger partial charge in [-0.05, 0) is 24.3 Å². The number of amides is 1. The maximum Gasteiger partial charge on any atom is 0.417 e.